The first kappa shape index (κ1) is 18.9. The molecule has 1 aromatic carbocycles. The molecule has 0 aromatic heterocycles. The number of nitrogens with zero attached hydrogens (tertiary/aromatic N) is 2. The molecule has 0 saturated carbocycles. The highest BCUT2D eigenvalue weighted by molar-refractivity contribution is 5.51. The number of hydrogen-bond acceptors (Lipinski definition) is 2. The molecular formula is C22H36N2. The van der Waals surface area contributed by atoms with Crippen molar-refractivity contribution in [2.45, 2.75) is 84.2 Å². The molecule has 0 bridgehead atoms. The molecule has 1 aromatic rings. The summed E-state index contributed by atoms with van der Waals surface area (Å²) in [5.74, 6) is 0. The smallest absolute Gasteiger partial charge is 0.105 e. The van der Waals surface area contributed by atoms with Crippen LogP contribution < -0.4 is 4.90 Å². The highest BCUT2D eigenvalue weighted by atomic mass is 15.4. The molecule has 0 fully saturated rings. The van der Waals surface area contributed by atoms with Gasteiger partial charge in [0.2, 0.25) is 0 Å². The van der Waals surface area contributed by atoms with E-state index in [0.29, 0.717) is 6.17 Å². The normalized spacial score (nSPS) is 17.0. The summed E-state index contributed by atoms with van der Waals surface area (Å²) in [5.41, 5.74) is 1.32. The van der Waals surface area contributed by atoms with E-state index in [4.69, 9.17) is 0 Å². The number of para-hydroxylation sites is 1. The minimum atomic E-state index is 0.509. The third-order valence-corrected chi connectivity index (χ3v) is 5.01. The number of rotatable bonds is 12. The Morgan fingerprint density at radius 2 is 1.42 bits per heavy atom. The van der Waals surface area contributed by atoms with Crippen molar-refractivity contribution in [1.82, 2.24) is 4.90 Å². The van der Waals surface area contributed by atoms with E-state index in [-0.39, 0.29) is 0 Å². The Kier molecular flexibility index (Phi) is 8.80. The maximum Gasteiger partial charge on any atom is 0.105 e. The van der Waals surface area contributed by atoms with Crippen LogP contribution in [-0.4, -0.2) is 17.6 Å². The van der Waals surface area contributed by atoms with Gasteiger partial charge < -0.3 is 9.80 Å². The lowest BCUT2D eigenvalue weighted by atomic mass is 10.1. The van der Waals surface area contributed by atoms with Crippen molar-refractivity contribution in [3.8, 4) is 0 Å². The minimum absolute atomic E-state index is 0.509. The first-order valence-electron chi connectivity index (χ1n) is 10.1. The third kappa shape index (κ3) is 5.89. The lowest BCUT2D eigenvalue weighted by Gasteiger charge is -2.33. The van der Waals surface area contributed by atoms with E-state index in [2.05, 4.69) is 66.4 Å². The predicted octanol–water partition coefficient (Wildman–Crippen LogP) is 6.55. The second-order valence-electron chi connectivity index (χ2n) is 7.02. The Bertz CT molecular complexity index is 454. The molecule has 0 N–H and O–H groups in total. The van der Waals surface area contributed by atoms with Crippen molar-refractivity contribution in [3.05, 3.63) is 42.7 Å². The van der Waals surface area contributed by atoms with Crippen LogP contribution in [0, 0.1) is 0 Å². The Hall–Kier alpha value is -1.44. The second kappa shape index (κ2) is 11.2. The molecule has 1 atom stereocenters. The molecule has 1 aliphatic heterocycles. The van der Waals surface area contributed by atoms with Gasteiger partial charge in [-0.15, -0.1) is 0 Å². The van der Waals surface area contributed by atoms with Gasteiger partial charge in [-0.2, -0.15) is 0 Å². The van der Waals surface area contributed by atoms with Crippen molar-refractivity contribution < 1.29 is 0 Å². The highest BCUT2D eigenvalue weighted by Gasteiger charge is 2.26. The molecule has 2 heteroatoms. The van der Waals surface area contributed by atoms with E-state index in [0.717, 1.165) is 0 Å². The Morgan fingerprint density at radius 1 is 0.750 bits per heavy atom. The zero-order valence-electron chi connectivity index (χ0n) is 15.8. The molecule has 1 aliphatic rings. The number of benzene rings is 1. The highest BCUT2D eigenvalue weighted by Crippen LogP contribution is 2.28. The maximum atomic E-state index is 2.57. The van der Waals surface area contributed by atoms with Crippen LogP contribution in [0.2, 0.25) is 0 Å². The second-order valence-corrected chi connectivity index (χ2v) is 7.02. The quantitative estimate of drug-likeness (QED) is 0.402. The molecule has 0 aliphatic carbocycles. The van der Waals surface area contributed by atoms with Crippen LogP contribution in [0.15, 0.2) is 42.7 Å². The number of anilines is 1. The van der Waals surface area contributed by atoms with Crippen molar-refractivity contribution in [1.29, 1.82) is 0 Å². The van der Waals surface area contributed by atoms with Gasteiger partial charge in [0.05, 0.1) is 0 Å². The molecule has 2 nitrogen and oxygen atoms in total. The topological polar surface area (TPSA) is 6.48 Å². The van der Waals surface area contributed by atoms with Crippen molar-refractivity contribution in [2.24, 2.45) is 0 Å². The van der Waals surface area contributed by atoms with Gasteiger partial charge in [-0.1, -0.05) is 77.0 Å². The summed E-state index contributed by atoms with van der Waals surface area (Å²) in [6.07, 6.45) is 18.5. The summed E-state index contributed by atoms with van der Waals surface area (Å²) in [7, 11) is 0. The summed E-state index contributed by atoms with van der Waals surface area (Å²) >= 11 is 0. The van der Waals surface area contributed by atoms with Crippen LogP contribution in [0.4, 0.5) is 5.69 Å². The fourth-order valence-electron chi connectivity index (χ4n) is 3.55. The van der Waals surface area contributed by atoms with E-state index >= 15 is 0 Å². The zero-order chi connectivity index (χ0) is 17.0. The zero-order valence-corrected chi connectivity index (χ0v) is 15.8. The van der Waals surface area contributed by atoms with Gasteiger partial charge in [-0.3, -0.25) is 0 Å². The maximum absolute atomic E-state index is 2.57. The minimum Gasteiger partial charge on any atom is -0.356 e. The van der Waals surface area contributed by atoms with Gasteiger partial charge in [0, 0.05) is 24.6 Å². The summed E-state index contributed by atoms with van der Waals surface area (Å²) in [6, 6.07) is 10.8. The van der Waals surface area contributed by atoms with Gasteiger partial charge in [0.15, 0.2) is 0 Å². The van der Waals surface area contributed by atoms with Crippen LogP contribution in [0.25, 0.3) is 0 Å². The van der Waals surface area contributed by atoms with E-state index in [1.54, 1.807) is 0 Å². The van der Waals surface area contributed by atoms with Crippen LogP contribution in [0.1, 0.15) is 78.1 Å². The average Bonchev–Trinajstić information content (AvgIpc) is 3.02. The summed E-state index contributed by atoms with van der Waals surface area (Å²) in [6.45, 7) is 5.77. The number of hydrogen-bond donors (Lipinski definition) is 0. The fraction of sp³-hybridized carbons (Fsp3) is 0.636. The van der Waals surface area contributed by atoms with Gasteiger partial charge in [0.25, 0.3) is 0 Å². The monoisotopic (exact) mass is 328 g/mol. The Balaban J connectivity index is 1.85. The van der Waals surface area contributed by atoms with Gasteiger partial charge in [-0.05, 0) is 31.4 Å². The van der Waals surface area contributed by atoms with Crippen molar-refractivity contribution >= 4 is 5.69 Å². The SMILES string of the molecule is CCCCCCCCN1C=CN(c2ccccc2)C1CCCCC. The number of unbranched alkanes of at least 4 members (excludes halogenated alkanes) is 7. The Morgan fingerprint density at radius 3 is 2.17 bits per heavy atom. The molecule has 134 valence electrons. The fourth-order valence-corrected chi connectivity index (χ4v) is 3.55. The molecule has 1 heterocycles. The molecule has 0 saturated heterocycles. The molecule has 24 heavy (non-hydrogen) atoms. The standard InChI is InChI=1S/C22H36N2/c1-3-5-7-8-9-14-18-23-19-20-24(21-15-12-10-13-16-21)22(23)17-11-6-4-2/h10,12-13,15-16,19-20,22H,3-9,11,14,17-18H2,1-2H3. The van der Waals surface area contributed by atoms with Gasteiger partial charge >= 0.3 is 0 Å². The summed E-state index contributed by atoms with van der Waals surface area (Å²) < 4.78 is 0. The average molecular weight is 329 g/mol. The van der Waals surface area contributed by atoms with E-state index in [9.17, 15) is 0 Å². The van der Waals surface area contributed by atoms with Gasteiger partial charge in [-0.25, -0.2) is 0 Å². The van der Waals surface area contributed by atoms with E-state index in [1.165, 1.54) is 76.4 Å². The first-order valence-corrected chi connectivity index (χ1v) is 10.1. The first-order chi connectivity index (χ1) is 11.9. The lowest BCUT2D eigenvalue weighted by Crippen LogP contribution is -2.39. The van der Waals surface area contributed by atoms with Crippen LogP contribution in [-0.2, 0) is 0 Å². The van der Waals surface area contributed by atoms with Gasteiger partial charge in [0.1, 0.15) is 6.17 Å². The molecule has 0 spiro atoms. The molecular weight excluding hydrogens is 292 g/mol. The van der Waals surface area contributed by atoms with Crippen LogP contribution >= 0.6 is 0 Å². The molecule has 0 amide bonds. The van der Waals surface area contributed by atoms with Crippen LogP contribution in [0.5, 0.6) is 0 Å². The lowest BCUT2D eigenvalue weighted by molar-refractivity contribution is 0.273. The van der Waals surface area contributed by atoms with E-state index < -0.39 is 0 Å². The largest absolute Gasteiger partial charge is 0.356 e. The molecule has 0 radical (unpaired) electrons. The molecule has 2 rings (SSSR count). The molecule has 1 unspecified atom stereocenters. The van der Waals surface area contributed by atoms with E-state index in [1.807, 2.05) is 0 Å². The summed E-state index contributed by atoms with van der Waals surface area (Å²) in [4.78, 5) is 5.04. The summed E-state index contributed by atoms with van der Waals surface area (Å²) in [5, 5.41) is 0. The third-order valence-electron chi connectivity index (χ3n) is 5.01. The van der Waals surface area contributed by atoms with Crippen molar-refractivity contribution in [3.63, 3.8) is 0 Å². The predicted molar refractivity (Wildman–Crippen MR) is 106 cm³/mol. The Labute approximate surface area is 149 Å². The van der Waals surface area contributed by atoms with Crippen molar-refractivity contribution in [2.75, 3.05) is 11.4 Å². The van der Waals surface area contributed by atoms with Crippen LogP contribution in [0.3, 0.4) is 0 Å².